The fourth-order valence-electron chi connectivity index (χ4n) is 4.82. The van der Waals surface area contributed by atoms with Gasteiger partial charge in [0, 0.05) is 42.2 Å². The molecule has 3 aromatic rings. The Morgan fingerprint density at radius 2 is 1.94 bits per heavy atom. The third-order valence-corrected chi connectivity index (χ3v) is 6.60. The minimum absolute atomic E-state index is 0.0423. The Bertz CT molecular complexity index is 1120. The molecule has 166 valence electrons. The van der Waals surface area contributed by atoms with Crippen molar-refractivity contribution in [1.82, 2.24) is 24.8 Å². The third-order valence-electron chi connectivity index (χ3n) is 6.60. The number of amides is 2. The molecular weight excluding hydrogens is 408 g/mol. The van der Waals surface area contributed by atoms with E-state index in [4.69, 9.17) is 10.6 Å². The molecule has 32 heavy (non-hydrogen) atoms. The van der Waals surface area contributed by atoms with Gasteiger partial charge in [0.05, 0.1) is 30.2 Å². The van der Waals surface area contributed by atoms with Crippen LogP contribution >= 0.6 is 0 Å². The standard InChI is InChI=1S/C23H26N6O3/c24-22(30)17-5-6-18-12-27-28(21(18)11-17)14-15-1-3-16(4-2-15)23(31)29-20(7-10-32-29)19-13-25-8-9-26-19/h5-6,8-9,11-13,15-16,20H,1-4,7,10,14H2,(H2,24,30). The molecule has 0 spiro atoms. The molecule has 2 amide bonds. The Labute approximate surface area is 185 Å². The number of hydrogen-bond donors (Lipinski definition) is 1. The molecule has 1 saturated heterocycles. The van der Waals surface area contributed by atoms with Crippen LogP contribution in [0.25, 0.3) is 10.9 Å². The van der Waals surface area contributed by atoms with Gasteiger partial charge in [-0.2, -0.15) is 5.10 Å². The van der Waals surface area contributed by atoms with E-state index < -0.39 is 5.91 Å². The third kappa shape index (κ3) is 3.95. The fraction of sp³-hybridized carbons (Fsp3) is 0.435. The van der Waals surface area contributed by atoms with Gasteiger partial charge in [-0.25, -0.2) is 5.06 Å². The molecule has 1 aromatic carbocycles. The van der Waals surface area contributed by atoms with Crippen molar-refractivity contribution in [2.75, 3.05) is 6.61 Å². The Hall–Kier alpha value is -3.33. The molecule has 0 radical (unpaired) electrons. The molecule has 2 aliphatic rings. The van der Waals surface area contributed by atoms with Crippen LogP contribution in [0.5, 0.6) is 0 Å². The maximum absolute atomic E-state index is 13.2. The summed E-state index contributed by atoms with van der Waals surface area (Å²) in [6, 6.07) is 5.24. The van der Waals surface area contributed by atoms with E-state index in [9.17, 15) is 9.59 Å². The summed E-state index contributed by atoms with van der Waals surface area (Å²) in [5.41, 5.74) is 7.60. The van der Waals surface area contributed by atoms with Crippen LogP contribution in [0.2, 0.25) is 0 Å². The van der Waals surface area contributed by atoms with Gasteiger partial charge in [-0.3, -0.25) is 29.1 Å². The first-order valence-electron chi connectivity index (χ1n) is 11.1. The highest BCUT2D eigenvalue weighted by molar-refractivity contribution is 5.96. The zero-order valence-corrected chi connectivity index (χ0v) is 17.8. The Kier molecular flexibility index (Phi) is 5.57. The van der Waals surface area contributed by atoms with E-state index in [-0.39, 0.29) is 17.9 Å². The molecule has 2 N–H and O–H groups in total. The van der Waals surface area contributed by atoms with Crippen molar-refractivity contribution in [3.8, 4) is 0 Å². The number of fused-ring (bicyclic) bond motifs is 1. The molecule has 3 heterocycles. The minimum atomic E-state index is -0.442. The number of primary amides is 1. The van der Waals surface area contributed by atoms with Crippen molar-refractivity contribution in [2.45, 2.75) is 44.7 Å². The average Bonchev–Trinajstić information content (AvgIpc) is 3.47. The molecule has 1 aliphatic heterocycles. The van der Waals surface area contributed by atoms with Crippen LogP contribution < -0.4 is 5.73 Å². The Morgan fingerprint density at radius 1 is 1.09 bits per heavy atom. The van der Waals surface area contributed by atoms with Crippen LogP contribution in [-0.4, -0.2) is 43.2 Å². The first-order chi connectivity index (χ1) is 15.6. The van der Waals surface area contributed by atoms with E-state index in [0.717, 1.165) is 55.2 Å². The van der Waals surface area contributed by atoms with E-state index >= 15 is 0 Å². The van der Waals surface area contributed by atoms with Crippen molar-refractivity contribution in [3.05, 3.63) is 54.2 Å². The van der Waals surface area contributed by atoms with Gasteiger partial charge < -0.3 is 5.73 Å². The van der Waals surface area contributed by atoms with Crippen molar-refractivity contribution >= 4 is 22.7 Å². The van der Waals surface area contributed by atoms with Crippen LogP contribution in [0.3, 0.4) is 0 Å². The maximum atomic E-state index is 13.2. The molecule has 1 atom stereocenters. The van der Waals surface area contributed by atoms with E-state index in [0.29, 0.717) is 18.1 Å². The molecular formula is C23H26N6O3. The molecule has 9 nitrogen and oxygen atoms in total. The molecule has 2 aromatic heterocycles. The maximum Gasteiger partial charge on any atom is 0.249 e. The number of aromatic nitrogens is 4. The van der Waals surface area contributed by atoms with Gasteiger partial charge in [-0.05, 0) is 43.7 Å². The van der Waals surface area contributed by atoms with Crippen molar-refractivity contribution in [1.29, 1.82) is 0 Å². The van der Waals surface area contributed by atoms with Crippen LogP contribution in [0.4, 0.5) is 0 Å². The second-order valence-electron chi connectivity index (χ2n) is 8.61. The summed E-state index contributed by atoms with van der Waals surface area (Å²) in [4.78, 5) is 38.9. The summed E-state index contributed by atoms with van der Waals surface area (Å²) in [7, 11) is 0. The van der Waals surface area contributed by atoms with E-state index in [2.05, 4.69) is 15.1 Å². The minimum Gasteiger partial charge on any atom is -0.366 e. The lowest BCUT2D eigenvalue weighted by Gasteiger charge is -2.31. The number of hydrogen-bond acceptors (Lipinski definition) is 6. The van der Waals surface area contributed by atoms with E-state index in [1.807, 2.05) is 16.9 Å². The highest BCUT2D eigenvalue weighted by Crippen LogP contribution is 2.36. The number of carbonyl (C=O) groups is 2. The lowest BCUT2D eigenvalue weighted by Crippen LogP contribution is -2.37. The average molecular weight is 435 g/mol. The van der Waals surface area contributed by atoms with Crippen molar-refractivity contribution in [3.63, 3.8) is 0 Å². The van der Waals surface area contributed by atoms with Gasteiger partial charge in [-0.1, -0.05) is 6.07 Å². The topological polar surface area (TPSA) is 116 Å². The van der Waals surface area contributed by atoms with Crippen molar-refractivity contribution in [2.24, 2.45) is 17.6 Å². The Balaban J connectivity index is 1.22. The lowest BCUT2D eigenvalue weighted by atomic mass is 9.81. The van der Waals surface area contributed by atoms with Gasteiger partial charge in [0.1, 0.15) is 6.04 Å². The summed E-state index contributed by atoms with van der Waals surface area (Å²) in [5, 5.41) is 7.02. The number of carbonyl (C=O) groups excluding carboxylic acids is 2. The first-order valence-corrected chi connectivity index (χ1v) is 11.1. The number of nitrogens with two attached hydrogens (primary N) is 1. The van der Waals surface area contributed by atoms with Crippen LogP contribution in [0, 0.1) is 11.8 Å². The monoisotopic (exact) mass is 434 g/mol. The van der Waals surface area contributed by atoms with Gasteiger partial charge in [0.25, 0.3) is 0 Å². The van der Waals surface area contributed by atoms with Crippen LogP contribution in [0.1, 0.15) is 54.2 Å². The summed E-state index contributed by atoms with van der Waals surface area (Å²) >= 11 is 0. The molecule has 1 saturated carbocycles. The molecule has 0 bridgehead atoms. The molecule has 9 heteroatoms. The SMILES string of the molecule is NC(=O)c1ccc2cnn(CC3CCC(C(=O)N4OCCC4c4cnccn4)CC3)c2c1. The quantitative estimate of drug-likeness (QED) is 0.660. The van der Waals surface area contributed by atoms with Gasteiger partial charge in [0.15, 0.2) is 0 Å². The Morgan fingerprint density at radius 3 is 2.69 bits per heavy atom. The molecule has 2 fully saturated rings. The zero-order valence-electron chi connectivity index (χ0n) is 17.8. The number of rotatable bonds is 5. The smallest absolute Gasteiger partial charge is 0.249 e. The lowest BCUT2D eigenvalue weighted by molar-refractivity contribution is -0.183. The van der Waals surface area contributed by atoms with Gasteiger partial charge in [-0.15, -0.1) is 0 Å². The first kappa shape index (κ1) is 20.6. The van der Waals surface area contributed by atoms with Gasteiger partial charge >= 0.3 is 0 Å². The normalized spacial score (nSPS) is 23.5. The van der Waals surface area contributed by atoms with Crippen LogP contribution in [0.15, 0.2) is 43.0 Å². The zero-order chi connectivity index (χ0) is 22.1. The summed E-state index contributed by atoms with van der Waals surface area (Å²) in [5.74, 6) is -0.0103. The molecule has 1 aliphatic carbocycles. The second kappa shape index (κ2) is 8.66. The molecule has 5 rings (SSSR count). The predicted molar refractivity (Wildman–Crippen MR) is 116 cm³/mol. The largest absolute Gasteiger partial charge is 0.366 e. The summed E-state index contributed by atoms with van der Waals surface area (Å²) < 4.78 is 1.95. The fourth-order valence-corrected chi connectivity index (χ4v) is 4.82. The predicted octanol–water partition coefficient (Wildman–Crippen LogP) is 2.64. The highest BCUT2D eigenvalue weighted by Gasteiger charge is 2.38. The van der Waals surface area contributed by atoms with E-state index in [1.165, 1.54) is 5.06 Å². The molecule has 1 unspecified atom stereocenters. The van der Waals surface area contributed by atoms with E-state index in [1.54, 1.807) is 30.7 Å². The van der Waals surface area contributed by atoms with Crippen molar-refractivity contribution < 1.29 is 14.4 Å². The number of benzene rings is 1. The highest BCUT2D eigenvalue weighted by atomic mass is 16.7. The summed E-state index contributed by atoms with van der Waals surface area (Å²) in [6.45, 7) is 1.27. The number of nitrogens with zero attached hydrogens (tertiary/aromatic N) is 5. The second-order valence-corrected chi connectivity index (χ2v) is 8.61. The van der Waals surface area contributed by atoms with Gasteiger partial charge in [0.2, 0.25) is 11.8 Å². The summed E-state index contributed by atoms with van der Waals surface area (Å²) in [6.07, 6.45) is 11.1. The van der Waals surface area contributed by atoms with Crippen LogP contribution in [-0.2, 0) is 16.2 Å². The number of hydroxylamine groups is 2.